The number of sulfonamides is 1. The molecule has 2 aliphatic heterocycles. The molecule has 6 nitrogen and oxygen atoms in total. The number of amides is 2. The fourth-order valence-electron chi connectivity index (χ4n) is 4.04. The van der Waals surface area contributed by atoms with Crippen molar-refractivity contribution >= 4 is 33.2 Å². The van der Waals surface area contributed by atoms with Gasteiger partial charge >= 0.3 is 0 Å². The lowest BCUT2D eigenvalue weighted by Gasteiger charge is -2.24. The Kier molecular flexibility index (Phi) is 4.12. The highest BCUT2D eigenvalue weighted by Crippen LogP contribution is 2.37. The fraction of sp³-hybridized carbons (Fsp3) is 0.333. The second kappa shape index (κ2) is 6.17. The number of hydrogen-bond acceptors (Lipinski definition) is 4. The van der Waals surface area contributed by atoms with E-state index in [4.69, 9.17) is 0 Å². The van der Waals surface area contributed by atoms with Crippen LogP contribution in [0.1, 0.15) is 36.7 Å². The molecule has 7 heteroatoms. The molecule has 146 valence electrons. The van der Waals surface area contributed by atoms with Crippen molar-refractivity contribution in [3.05, 3.63) is 59.7 Å². The first-order chi connectivity index (χ1) is 13.1. The zero-order valence-corrected chi connectivity index (χ0v) is 16.9. The Bertz CT molecular complexity index is 1090. The van der Waals surface area contributed by atoms with Crippen molar-refractivity contribution in [2.24, 2.45) is 5.41 Å². The first kappa shape index (κ1) is 18.7. The molecule has 0 aliphatic carbocycles. The van der Waals surface area contributed by atoms with Gasteiger partial charge in [-0.1, -0.05) is 24.3 Å². The zero-order valence-electron chi connectivity index (χ0n) is 16.0. The summed E-state index contributed by atoms with van der Waals surface area (Å²) in [5.41, 5.74) is 1.56. The average molecular weight is 398 g/mol. The van der Waals surface area contributed by atoms with E-state index in [1.165, 1.54) is 6.07 Å². The van der Waals surface area contributed by atoms with Crippen molar-refractivity contribution in [2.75, 3.05) is 15.0 Å². The van der Waals surface area contributed by atoms with Gasteiger partial charge in [0.15, 0.2) is 0 Å². The Labute approximate surface area is 164 Å². The minimum atomic E-state index is -3.76. The number of carbonyl (C=O) groups is 2. The lowest BCUT2D eigenvalue weighted by atomic mass is 9.95. The molecule has 2 amide bonds. The summed E-state index contributed by atoms with van der Waals surface area (Å²) in [7, 11) is -3.76. The summed E-state index contributed by atoms with van der Waals surface area (Å²) in [5, 5.41) is 0. The van der Waals surface area contributed by atoms with Crippen LogP contribution < -0.4 is 9.21 Å². The number of carbonyl (C=O) groups excluding carboxylic acids is 2. The van der Waals surface area contributed by atoms with Crippen molar-refractivity contribution in [2.45, 2.75) is 33.2 Å². The summed E-state index contributed by atoms with van der Waals surface area (Å²) in [6.45, 7) is 5.22. The normalized spacial score (nSPS) is 22.4. The molecule has 28 heavy (non-hydrogen) atoms. The number of rotatable bonds is 2. The SMILES string of the molecule is C[C@H]1Cc2ccccc2N1C(=O)c1cccc(N2C(=O)C(C)(C)CS2(=O)=O)c1. The first-order valence-electron chi connectivity index (χ1n) is 9.21. The van der Waals surface area contributed by atoms with Crippen LogP contribution >= 0.6 is 0 Å². The van der Waals surface area contributed by atoms with E-state index in [0.717, 1.165) is 22.0 Å². The molecule has 0 radical (unpaired) electrons. The van der Waals surface area contributed by atoms with Crippen molar-refractivity contribution in [1.29, 1.82) is 0 Å². The van der Waals surface area contributed by atoms with Crippen LogP contribution in [0.15, 0.2) is 48.5 Å². The minimum Gasteiger partial charge on any atom is -0.305 e. The van der Waals surface area contributed by atoms with E-state index in [9.17, 15) is 18.0 Å². The number of benzene rings is 2. The monoisotopic (exact) mass is 398 g/mol. The van der Waals surface area contributed by atoms with Gasteiger partial charge in [0.25, 0.3) is 5.91 Å². The van der Waals surface area contributed by atoms with Gasteiger partial charge in [-0.05, 0) is 57.0 Å². The predicted molar refractivity (Wildman–Crippen MR) is 108 cm³/mol. The highest BCUT2D eigenvalue weighted by Gasteiger charge is 2.50. The number of hydrogen-bond donors (Lipinski definition) is 0. The van der Waals surface area contributed by atoms with Crippen molar-refractivity contribution in [3.8, 4) is 0 Å². The molecule has 0 saturated carbocycles. The second-order valence-electron chi connectivity index (χ2n) is 8.12. The molecule has 2 aromatic carbocycles. The molecule has 0 spiro atoms. The van der Waals surface area contributed by atoms with Gasteiger partial charge in [0.2, 0.25) is 15.9 Å². The zero-order chi connectivity index (χ0) is 20.3. The van der Waals surface area contributed by atoms with Gasteiger partial charge in [-0.3, -0.25) is 9.59 Å². The summed E-state index contributed by atoms with van der Waals surface area (Å²) in [6.07, 6.45) is 0.773. The molecule has 0 unspecified atom stereocenters. The van der Waals surface area contributed by atoms with Crippen LogP contribution in [0, 0.1) is 5.41 Å². The predicted octanol–water partition coefficient (Wildman–Crippen LogP) is 2.98. The third-order valence-electron chi connectivity index (χ3n) is 5.34. The Morgan fingerprint density at radius 1 is 1.11 bits per heavy atom. The lowest BCUT2D eigenvalue weighted by Crippen LogP contribution is -2.36. The van der Waals surface area contributed by atoms with Crippen LogP contribution in [0.2, 0.25) is 0 Å². The minimum absolute atomic E-state index is 0.00430. The van der Waals surface area contributed by atoms with Crippen LogP contribution in [0.3, 0.4) is 0 Å². The maximum absolute atomic E-state index is 13.2. The second-order valence-corrected chi connectivity index (χ2v) is 9.93. The maximum atomic E-state index is 13.2. The molecule has 0 N–H and O–H groups in total. The summed E-state index contributed by atoms with van der Waals surface area (Å²) in [4.78, 5) is 27.6. The topological polar surface area (TPSA) is 74.8 Å². The Hall–Kier alpha value is -2.67. The quantitative estimate of drug-likeness (QED) is 0.779. The van der Waals surface area contributed by atoms with E-state index < -0.39 is 21.3 Å². The molecule has 1 fully saturated rings. The van der Waals surface area contributed by atoms with Gasteiger partial charge in [-0.25, -0.2) is 12.7 Å². The Morgan fingerprint density at radius 2 is 1.82 bits per heavy atom. The average Bonchev–Trinajstić information content (AvgIpc) is 3.03. The highest BCUT2D eigenvalue weighted by molar-refractivity contribution is 7.94. The van der Waals surface area contributed by atoms with E-state index in [1.807, 2.05) is 31.2 Å². The Morgan fingerprint density at radius 3 is 2.50 bits per heavy atom. The van der Waals surface area contributed by atoms with E-state index in [-0.39, 0.29) is 23.4 Å². The van der Waals surface area contributed by atoms with Crippen LogP contribution in [0.5, 0.6) is 0 Å². The van der Waals surface area contributed by atoms with Crippen LogP contribution in [-0.4, -0.2) is 32.0 Å². The van der Waals surface area contributed by atoms with Crippen molar-refractivity contribution in [3.63, 3.8) is 0 Å². The van der Waals surface area contributed by atoms with E-state index in [1.54, 1.807) is 36.9 Å². The van der Waals surface area contributed by atoms with Crippen molar-refractivity contribution < 1.29 is 18.0 Å². The first-order valence-corrected chi connectivity index (χ1v) is 10.8. The highest BCUT2D eigenvalue weighted by atomic mass is 32.2. The van der Waals surface area contributed by atoms with Crippen LogP contribution in [-0.2, 0) is 21.2 Å². The molecule has 0 bridgehead atoms. The third-order valence-corrected chi connectivity index (χ3v) is 7.36. The maximum Gasteiger partial charge on any atom is 0.258 e. The van der Waals surface area contributed by atoms with Crippen LogP contribution in [0.25, 0.3) is 0 Å². The smallest absolute Gasteiger partial charge is 0.258 e. The Balaban J connectivity index is 1.73. The molecule has 4 rings (SSSR count). The molecular weight excluding hydrogens is 376 g/mol. The van der Waals surface area contributed by atoms with Gasteiger partial charge in [-0.2, -0.15) is 0 Å². The molecular formula is C21H22N2O4S. The largest absolute Gasteiger partial charge is 0.305 e. The van der Waals surface area contributed by atoms with Crippen molar-refractivity contribution in [1.82, 2.24) is 0 Å². The number of anilines is 2. The standard InChI is InChI=1S/C21H22N2O4S/c1-14-11-15-7-4-5-10-18(15)22(14)19(24)16-8-6-9-17(12-16)23-20(25)21(2,3)13-28(23,26)27/h4-10,12,14H,11,13H2,1-3H3/t14-/m0/s1. The molecule has 2 aromatic rings. The van der Waals surface area contributed by atoms with E-state index in [2.05, 4.69) is 0 Å². The van der Waals surface area contributed by atoms with E-state index >= 15 is 0 Å². The number of para-hydroxylation sites is 1. The number of nitrogens with zero attached hydrogens (tertiary/aromatic N) is 2. The molecule has 2 aliphatic rings. The molecule has 0 aromatic heterocycles. The molecule has 2 heterocycles. The third kappa shape index (κ3) is 2.81. The summed E-state index contributed by atoms with van der Waals surface area (Å²) in [6, 6.07) is 14.1. The lowest BCUT2D eigenvalue weighted by molar-refractivity contribution is -0.123. The summed E-state index contributed by atoms with van der Waals surface area (Å²) < 4.78 is 25.9. The van der Waals surface area contributed by atoms with Gasteiger partial charge < -0.3 is 4.90 Å². The van der Waals surface area contributed by atoms with Gasteiger partial charge in [0, 0.05) is 17.3 Å². The summed E-state index contributed by atoms with van der Waals surface area (Å²) in [5.74, 6) is -0.923. The molecule has 1 saturated heterocycles. The van der Waals surface area contributed by atoms with Crippen LogP contribution in [0.4, 0.5) is 11.4 Å². The number of fused-ring (bicyclic) bond motifs is 1. The van der Waals surface area contributed by atoms with Gasteiger partial charge in [0.1, 0.15) is 0 Å². The fourth-order valence-corrected chi connectivity index (χ4v) is 6.14. The summed E-state index contributed by atoms with van der Waals surface area (Å²) >= 11 is 0. The van der Waals surface area contributed by atoms with E-state index in [0.29, 0.717) is 5.56 Å². The van der Waals surface area contributed by atoms with Gasteiger partial charge in [0.05, 0.1) is 16.9 Å². The van der Waals surface area contributed by atoms with Gasteiger partial charge in [-0.15, -0.1) is 0 Å². The molecule has 1 atom stereocenters.